The Balaban J connectivity index is 1.97. The Hall–Kier alpha value is -3.97. The molecule has 0 unspecified atom stereocenters. The van der Waals surface area contributed by atoms with Gasteiger partial charge >= 0.3 is 5.97 Å². The van der Waals surface area contributed by atoms with Gasteiger partial charge in [-0.25, -0.2) is 4.98 Å². The number of hydrogen-bond donors (Lipinski definition) is 0. The number of esters is 1. The Morgan fingerprint density at radius 2 is 1.89 bits per heavy atom. The molecule has 8 heteroatoms. The zero-order chi connectivity index (χ0) is 26.7. The third-order valence-electron chi connectivity index (χ3n) is 5.81. The zero-order valence-corrected chi connectivity index (χ0v) is 22.2. The van der Waals surface area contributed by atoms with Crippen LogP contribution >= 0.6 is 11.6 Å². The van der Waals surface area contributed by atoms with Crippen molar-refractivity contribution in [1.82, 2.24) is 9.66 Å². The average Bonchev–Trinajstić information content (AvgIpc) is 2.85. The largest absolute Gasteiger partial charge is 0.494 e. The number of rotatable bonds is 7. The van der Waals surface area contributed by atoms with Gasteiger partial charge in [0.1, 0.15) is 11.5 Å². The molecule has 0 bridgehead atoms. The third kappa shape index (κ3) is 5.57. The molecule has 0 N–H and O–H groups in total. The molecule has 0 amide bonds. The molecule has 0 spiro atoms. The number of halogens is 1. The first-order valence-electron chi connectivity index (χ1n) is 12.0. The second-order valence-electron chi connectivity index (χ2n) is 8.88. The van der Waals surface area contributed by atoms with Gasteiger partial charge in [0.15, 0.2) is 5.82 Å². The molecule has 0 aliphatic heterocycles. The molecule has 0 atom stereocenters. The van der Waals surface area contributed by atoms with Crippen LogP contribution in [-0.2, 0) is 4.79 Å². The van der Waals surface area contributed by atoms with Crippen molar-refractivity contribution in [3.63, 3.8) is 0 Å². The van der Waals surface area contributed by atoms with Crippen molar-refractivity contribution in [3.05, 3.63) is 86.7 Å². The van der Waals surface area contributed by atoms with Gasteiger partial charge in [0.05, 0.1) is 23.7 Å². The van der Waals surface area contributed by atoms with Crippen molar-refractivity contribution in [2.75, 3.05) is 6.61 Å². The van der Waals surface area contributed by atoms with Crippen LogP contribution in [-0.4, -0.2) is 28.5 Å². The summed E-state index contributed by atoms with van der Waals surface area (Å²) < 4.78 is 12.5. The molecule has 3 aromatic carbocycles. The van der Waals surface area contributed by atoms with Crippen LogP contribution in [0.15, 0.2) is 64.5 Å². The minimum absolute atomic E-state index is 0.183. The molecule has 4 rings (SSSR count). The summed E-state index contributed by atoms with van der Waals surface area (Å²) in [6.07, 6.45) is 1.44. The van der Waals surface area contributed by atoms with Crippen LogP contribution in [0, 0.1) is 6.92 Å². The number of para-hydroxylation sites is 1. The number of benzene rings is 3. The van der Waals surface area contributed by atoms with E-state index in [9.17, 15) is 9.59 Å². The molecule has 0 aliphatic carbocycles. The van der Waals surface area contributed by atoms with Crippen molar-refractivity contribution in [1.29, 1.82) is 0 Å². The number of carbonyl (C=O) groups excluding carboxylic acids is 1. The minimum atomic E-state index is -0.478. The van der Waals surface area contributed by atoms with E-state index < -0.39 is 5.97 Å². The summed E-state index contributed by atoms with van der Waals surface area (Å²) in [5, 5.41) is 5.39. The minimum Gasteiger partial charge on any atom is -0.494 e. The lowest BCUT2D eigenvalue weighted by Gasteiger charge is -2.18. The van der Waals surface area contributed by atoms with Crippen molar-refractivity contribution >= 4 is 34.7 Å². The van der Waals surface area contributed by atoms with Gasteiger partial charge in [0, 0.05) is 23.1 Å². The van der Waals surface area contributed by atoms with Gasteiger partial charge in [-0.15, -0.1) is 0 Å². The SMILES string of the molecule is CCOc1cc(C)c(-c2nc3ccccc3c(=O)n2N=Cc2cc(Cl)ccc2OC(C)=O)cc1C(C)C. The van der Waals surface area contributed by atoms with E-state index in [0.29, 0.717) is 33.9 Å². The van der Waals surface area contributed by atoms with Crippen LogP contribution in [0.4, 0.5) is 0 Å². The fourth-order valence-electron chi connectivity index (χ4n) is 4.06. The highest BCUT2D eigenvalue weighted by atomic mass is 35.5. The fraction of sp³-hybridized carbons (Fsp3) is 0.241. The van der Waals surface area contributed by atoms with E-state index in [1.807, 2.05) is 32.0 Å². The molecule has 0 saturated carbocycles. The van der Waals surface area contributed by atoms with E-state index in [0.717, 1.165) is 22.4 Å². The van der Waals surface area contributed by atoms with Crippen LogP contribution in [0.1, 0.15) is 50.3 Å². The van der Waals surface area contributed by atoms with Gasteiger partial charge in [-0.05, 0) is 73.4 Å². The Bertz CT molecular complexity index is 1570. The second kappa shape index (κ2) is 11.0. The van der Waals surface area contributed by atoms with Crippen molar-refractivity contribution in [2.24, 2.45) is 5.10 Å². The first kappa shape index (κ1) is 26.1. The van der Waals surface area contributed by atoms with E-state index >= 15 is 0 Å². The monoisotopic (exact) mass is 517 g/mol. The predicted molar refractivity (Wildman–Crippen MR) is 147 cm³/mol. The number of carbonyl (C=O) groups is 1. The molecule has 37 heavy (non-hydrogen) atoms. The van der Waals surface area contributed by atoms with Gasteiger partial charge in [0.2, 0.25) is 0 Å². The van der Waals surface area contributed by atoms with Gasteiger partial charge in [0.25, 0.3) is 5.56 Å². The zero-order valence-electron chi connectivity index (χ0n) is 21.4. The maximum atomic E-state index is 13.6. The lowest BCUT2D eigenvalue weighted by atomic mass is 9.96. The van der Waals surface area contributed by atoms with E-state index in [2.05, 4.69) is 18.9 Å². The van der Waals surface area contributed by atoms with Crippen LogP contribution < -0.4 is 15.0 Å². The normalized spacial score (nSPS) is 11.4. The summed E-state index contributed by atoms with van der Waals surface area (Å²) in [5.74, 6) is 1.18. The molecule has 0 saturated heterocycles. The highest BCUT2D eigenvalue weighted by Gasteiger charge is 2.19. The molecule has 1 heterocycles. The smallest absolute Gasteiger partial charge is 0.308 e. The molecule has 1 aromatic heterocycles. The number of aromatic nitrogens is 2. The molecule has 7 nitrogen and oxygen atoms in total. The van der Waals surface area contributed by atoms with Crippen LogP contribution in [0.5, 0.6) is 11.5 Å². The fourth-order valence-corrected chi connectivity index (χ4v) is 4.24. The number of hydrogen-bond acceptors (Lipinski definition) is 6. The van der Waals surface area contributed by atoms with Gasteiger partial charge in [-0.2, -0.15) is 9.78 Å². The van der Waals surface area contributed by atoms with Gasteiger partial charge in [-0.1, -0.05) is 37.6 Å². The topological polar surface area (TPSA) is 82.8 Å². The summed E-state index contributed by atoms with van der Waals surface area (Å²) >= 11 is 6.19. The molecule has 0 fully saturated rings. The summed E-state index contributed by atoms with van der Waals surface area (Å²) in [7, 11) is 0. The summed E-state index contributed by atoms with van der Waals surface area (Å²) in [6, 6.07) is 15.9. The maximum absolute atomic E-state index is 13.6. The van der Waals surface area contributed by atoms with Crippen molar-refractivity contribution < 1.29 is 14.3 Å². The predicted octanol–water partition coefficient (Wildman–Crippen LogP) is 6.35. The first-order chi connectivity index (χ1) is 17.7. The van der Waals surface area contributed by atoms with Crippen molar-refractivity contribution in [3.8, 4) is 22.9 Å². The Kier molecular flexibility index (Phi) is 7.74. The molecule has 0 aliphatic rings. The summed E-state index contributed by atoms with van der Waals surface area (Å²) in [6.45, 7) is 9.94. The Morgan fingerprint density at radius 3 is 2.59 bits per heavy atom. The summed E-state index contributed by atoms with van der Waals surface area (Å²) in [5.41, 5.74) is 3.34. The highest BCUT2D eigenvalue weighted by molar-refractivity contribution is 6.31. The van der Waals surface area contributed by atoms with E-state index in [4.69, 9.17) is 26.1 Å². The second-order valence-corrected chi connectivity index (χ2v) is 9.32. The molecule has 0 radical (unpaired) electrons. The lowest BCUT2D eigenvalue weighted by molar-refractivity contribution is -0.131. The average molecular weight is 518 g/mol. The van der Waals surface area contributed by atoms with E-state index in [1.165, 1.54) is 17.8 Å². The number of aryl methyl sites for hydroxylation is 1. The quantitative estimate of drug-likeness (QED) is 0.162. The maximum Gasteiger partial charge on any atom is 0.308 e. The lowest BCUT2D eigenvalue weighted by Crippen LogP contribution is -2.21. The van der Waals surface area contributed by atoms with E-state index in [-0.39, 0.29) is 17.2 Å². The number of ether oxygens (including phenoxy) is 2. The third-order valence-corrected chi connectivity index (χ3v) is 6.05. The standard InChI is InChI=1S/C29H28ClN3O4/c1-6-36-27-13-18(4)24(15-23(27)17(2)3)28-32-25-10-8-7-9-22(25)29(35)33(28)31-16-20-14-21(30)11-12-26(20)37-19(5)34/h7-17H,6H2,1-5H3. The molecular formula is C29H28ClN3O4. The Labute approximate surface area is 220 Å². The van der Waals surface area contributed by atoms with Crippen LogP contribution in [0.25, 0.3) is 22.3 Å². The molecular weight excluding hydrogens is 490 g/mol. The van der Waals surface area contributed by atoms with Crippen molar-refractivity contribution in [2.45, 2.75) is 40.5 Å². The van der Waals surface area contributed by atoms with Gasteiger partial charge in [-0.3, -0.25) is 9.59 Å². The summed E-state index contributed by atoms with van der Waals surface area (Å²) in [4.78, 5) is 30.1. The highest BCUT2D eigenvalue weighted by Crippen LogP contribution is 2.34. The Morgan fingerprint density at radius 1 is 1.14 bits per heavy atom. The first-order valence-corrected chi connectivity index (χ1v) is 12.4. The number of fused-ring (bicyclic) bond motifs is 1. The molecule has 190 valence electrons. The van der Waals surface area contributed by atoms with E-state index in [1.54, 1.807) is 36.4 Å². The van der Waals surface area contributed by atoms with Crippen LogP contribution in [0.3, 0.4) is 0 Å². The van der Waals surface area contributed by atoms with Crippen LogP contribution in [0.2, 0.25) is 5.02 Å². The number of nitrogens with zero attached hydrogens (tertiary/aromatic N) is 3. The molecule has 4 aromatic rings. The van der Waals surface area contributed by atoms with Gasteiger partial charge < -0.3 is 9.47 Å².